The topological polar surface area (TPSA) is 148 Å². The van der Waals surface area contributed by atoms with Gasteiger partial charge in [0, 0.05) is 43.8 Å². The van der Waals surface area contributed by atoms with Crippen LogP contribution < -0.4 is 24.8 Å². The van der Waals surface area contributed by atoms with Gasteiger partial charge in [0.25, 0.3) is 5.88 Å². The predicted molar refractivity (Wildman–Crippen MR) is 164 cm³/mol. The number of piperidine rings is 1. The van der Waals surface area contributed by atoms with Crippen molar-refractivity contribution in [1.82, 2.24) is 29.6 Å². The standard InChI is InChI=1S/C28H37N9O4S/c1-4-16-42(38,39)35-20-8-9-22(24(17-20)40-2)37-23-18-25(33-27-28(41-3)31-11-10-29-27)32-19-21(23)26(34-37)30-12-15-36-13-6-5-7-14-36/h8-11,17-19,35H,4-7,12-16H2,1-3H3,(H,30,34)(H,29,32,33). The number of methoxy groups -OCH3 is 2. The summed E-state index contributed by atoms with van der Waals surface area (Å²) in [5, 5.41) is 12.4. The van der Waals surface area contributed by atoms with E-state index in [2.05, 4.69) is 35.2 Å². The van der Waals surface area contributed by atoms with Crippen LogP contribution in [0.15, 0.2) is 42.9 Å². The van der Waals surface area contributed by atoms with Gasteiger partial charge in [-0.05, 0) is 44.5 Å². The number of nitrogens with zero attached hydrogens (tertiary/aromatic N) is 6. The summed E-state index contributed by atoms with van der Waals surface area (Å²) >= 11 is 0. The van der Waals surface area contributed by atoms with Crippen molar-refractivity contribution in [3.8, 4) is 17.3 Å². The number of fused-ring (bicyclic) bond motifs is 1. The van der Waals surface area contributed by atoms with Crippen LogP contribution in [0.5, 0.6) is 11.6 Å². The third-order valence-corrected chi connectivity index (χ3v) is 8.49. The average molecular weight is 596 g/mol. The van der Waals surface area contributed by atoms with Crippen molar-refractivity contribution in [2.75, 3.05) is 61.5 Å². The zero-order valence-corrected chi connectivity index (χ0v) is 24.9. The van der Waals surface area contributed by atoms with Crippen LogP contribution in [0.3, 0.4) is 0 Å². The molecular formula is C28H37N9O4S. The summed E-state index contributed by atoms with van der Waals surface area (Å²) in [6.07, 6.45) is 9.16. The Morgan fingerprint density at radius 2 is 1.79 bits per heavy atom. The fourth-order valence-electron chi connectivity index (χ4n) is 5.01. The summed E-state index contributed by atoms with van der Waals surface area (Å²) in [5.74, 6) is 2.47. The average Bonchev–Trinajstić information content (AvgIpc) is 3.35. The Kier molecular flexibility index (Phi) is 9.22. The molecule has 0 atom stereocenters. The fraction of sp³-hybridized carbons (Fsp3) is 0.429. The molecule has 1 fully saturated rings. The molecule has 3 N–H and O–H groups in total. The summed E-state index contributed by atoms with van der Waals surface area (Å²) in [5.41, 5.74) is 1.81. The second kappa shape index (κ2) is 13.2. The van der Waals surface area contributed by atoms with E-state index >= 15 is 0 Å². The number of likely N-dealkylation sites (tertiary alicyclic amines) is 1. The third-order valence-electron chi connectivity index (χ3n) is 6.99. The molecule has 14 heteroatoms. The first-order valence-corrected chi connectivity index (χ1v) is 15.7. The van der Waals surface area contributed by atoms with E-state index in [0.29, 0.717) is 46.9 Å². The number of hydrogen-bond acceptors (Lipinski definition) is 11. The van der Waals surface area contributed by atoms with Gasteiger partial charge in [0.15, 0.2) is 11.6 Å². The Morgan fingerprint density at radius 1 is 0.976 bits per heavy atom. The van der Waals surface area contributed by atoms with Crippen LogP contribution in [0.25, 0.3) is 16.6 Å². The lowest BCUT2D eigenvalue weighted by atomic mass is 10.1. The van der Waals surface area contributed by atoms with Crippen LogP contribution in [-0.2, 0) is 10.0 Å². The maximum absolute atomic E-state index is 12.4. The lowest BCUT2D eigenvalue weighted by Crippen LogP contribution is -2.33. The monoisotopic (exact) mass is 595 g/mol. The van der Waals surface area contributed by atoms with Crippen molar-refractivity contribution in [3.63, 3.8) is 0 Å². The summed E-state index contributed by atoms with van der Waals surface area (Å²) in [4.78, 5) is 15.6. The number of pyridine rings is 1. The van der Waals surface area contributed by atoms with Crippen LogP contribution in [0.2, 0.25) is 0 Å². The van der Waals surface area contributed by atoms with Gasteiger partial charge in [0.1, 0.15) is 17.3 Å². The van der Waals surface area contributed by atoms with Gasteiger partial charge in [-0.2, -0.15) is 0 Å². The van der Waals surface area contributed by atoms with Crippen molar-refractivity contribution < 1.29 is 17.9 Å². The Hall–Kier alpha value is -4.17. The quantitative estimate of drug-likeness (QED) is 0.206. The smallest absolute Gasteiger partial charge is 0.257 e. The van der Waals surface area contributed by atoms with Crippen molar-refractivity contribution in [2.24, 2.45) is 0 Å². The Bertz CT molecular complexity index is 1620. The van der Waals surface area contributed by atoms with Crippen LogP contribution >= 0.6 is 0 Å². The van der Waals surface area contributed by atoms with Crippen LogP contribution in [0, 0.1) is 0 Å². The normalized spacial score (nSPS) is 14.1. The van der Waals surface area contributed by atoms with Gasteiger partial charge in [-0.15, -0.1) is 5.10 Å². The van der Waals surface area contributed by atoms with Gasteiger partial charge in [-0.25, -0.2) is 28.1 Å². The maximum atomic E-state index is 12.4. The molecule has 0 radical (unpaired) electrons. The molecule has 42 heavy (non-hydrogen) atoms. The van der Waals surface area contributed by atoms with Gasteiger partial charge in [0.2, 0.25) is 10.0 Å². The first-order chi connectivity index (χ1) is 20.4. The predicted octanol–water partition coefficient (Wildman–Crippen LogP) is 4.02. The van der Waals surface area contributed by atoms with Crippen LogP contribution in [0.1, 0.15) is 32.6 Å². The maximum Gasteiger partial charge on any atom is 0.257 e. The molecular weight excluding hydrogens is 558 g/mol. The molecule has 1 aliphatic rings. The molecule has 1 saturated heterocycles. The number of hydrogen-bond donors (Lipinski definition) is 3. The molecule has 13 nitrogen and oxygen atoms in total. The van der Waals surface area contributed by atoms with Crippen molar-refractivity contribution in [1.29, 1.82) is 0 Å². The van der Waals surface area contributed by atoms with Crippen LogP contribution in [-0.4, -0.2) is 84.2 Å². The van der Waals surface area contributed by atoms with E-state index in [-0.39, 0.29) is 5.75 Å². The van der Waals surface area contributed by atoms with E-state index in [1.807, 2.05) is 13.0 Å². The van der Waals surface area contributed by atoms with Crippen molar-refractivity contribution in [2.45, 2.75) is 32.6 Å². The highest BCUT2D eigenvalue weighted by Crippen LogP contribution is 2.33. The lowest BCUT2D eigenvalue weighted by molar-refractivity contribution is 0.237. The summed E-state index contributed by atoms with van der Waals surface area (Å²) in [6, 6.07) is 7.01. The third kappa shape index (κ3) is 6.82. The Morgan fingerprint density at radius 3 is 2.55 bits per heavy atom. The number of rotatable bonds is 13. The SMILES string of the molecule is CCCS(=O)(=O)Nc1ccc(-n2nc(NCCN3CCCCC3)c3cnc(Nc4nccnc4OC)cc32)c(OC)c1. The first kappa shape index (κ1) is 29.3. The Balaban J connectivity index is 1.51. The molecule has 1 aromatic carbocycles. The zero-order chi connectivity index (χ0) is 29.5. The molecule has 0 amide bonds. The summed E-state index contributed by atoms with van der Waals surface area (Å²) < 4.78 is 40.2. The zero-order valence-electron chi connectivity index (χ0n) is 24.1. The molecule has 0 aliphatic carbocycles. The highest BCUT2D eigenvalue weighted by Gasteiger charge is 2.19. The Labute approximate surface area is 245 Å². The van der Waals surface area contributed by atoms with Gasteiger partial charge >= 0.3 is 0 Å². The summed E-state index contributed by atoms with van der Waals surface area (Å²) in [7, 11) is -0.386. The summed E-state index contributed by atoms with van der Waals surface area (Å²) in [6.45, 7) is 5.71. The fourth-order valence-corrected chi connectivity index (χ4v) is 6.13. The highest BCUT2D eigenvalue weighted by molar-refractivity contribution is 7.92. The molecule has 4 aromatic rings. The second-order valence-electron chi connectivity index (χ2n) is 10.0. The van der Waals surface area contributed by atoms with E-state index in [0.717, 1.165) is 37.1 Å². The molecule has 5 rings (SSSR count). The molecule has 224 valence electrons. The highest BCUT2D eigenvalue weighted by atomic mass is 32.2. The number of aromatic nitrogens is 5. The minimum absolute atomic E-state index is 0.0344. The van der Waals surface area contributed by atoms with Gasteiger partial charge in [0.05, 0.1) is 36.6 Å². The minimum atomic E-state index is -3.46. The van der Waals surface area contributed by atoms with E-state index in [1.165, 1.54) is 26.4 Å². The number of sulfonamides is 1. The lowest BCUT2D eigenvalue weighted by Gasteiger charge is -2.26. The van der Waals surface area contributed by atoms with Crippen LogP contribution in [0.4, 0.5) is 23.1 Å². The molecule has 4 heterocycles. The first-order valence-electron chi connectivity index (χ1n) is 14.1. The number of anilines is 4. The molecule has 0 spiro atoms. The van der Waals surface area contributed by atoms with Crippen molar-refractivity contribution in [3.05, 3.63) is 42.9 Å². The van der Waals surface area contributed by atoms with Crippen molar-refractivity contribution >= 4 is 44.1 Å². The van der Waals surface area contributed by atoms with Gasteiger partial charge in [-0.1, -0.05) is 13.3 Å². The number of benzene rings is 1. The van der Waals surface area contributed by atoms with E-state index in [9.17, 15) is 8.42 Å². The molecule has 0 saturated carbocycles. The molecule has 3 aromatic heterocycles. The number of nitrogens with one attached hydrogen (secondary N) is 3. The molecule has 0 bridgehead atoms. The van der Waals surface area contributed by atoms with E-state index < -0.39 is 10.0 Å². The second-order valence-corrected chi connectivity index (χ2v) is 11.9. The molecule has 1 aliphatic heterocycles. The van der Waals surface area contributed by atoms with E-state index in [4.69, 9.17) is 14.6 Å². The minimum Gasteiger partial charge on any atom is -0.494 e. The number of ether oxygens (including phenoxy) is 2. The molecule has 0 unspecified atom stereocenters. The largest absolute Gasteiger partial charge is 0.494 e. The van der Waals surface area contributed by atoms with E-state index in [1.54, 1.807) is 48.6 Å². The van der Waals surface area contributed by atoms with Gasteiger partial charge in [-0.3, -0.25) is 4.72 Å². The van der Waals surface area contributed by atoms with Gasteiger partial charge < -0.3 is 25.0 Å².